The van der Waals surface area contributed by atoms with Gasteiger partial charge in [0.2, 0.25) is 0 Å². The Morgan fingerprint density at radius 3 is 2.87 bits per heavy atom. The number of amides is 1. The molecule has 1 aliphatic heterocycles. The molecule has 0 aliphatic carbocycles. The SMILES string of the molecule is Cc1cc2c([nH]c3cnccc32)c(NC(=O)c2cccnc2Cl)c1N1CCOCC1. The maximum Gasteiger partial charge on any atom is 0.258 e. The van der Waals surface area contributed by atoms with Gasteiger partial charge >= 0.3 is 0 Å². The second-order valence-electron chi connectivity index (χ2n) is 7.28. The maximum atomic E-state index is 13.1. The normalized spacial score (nSPS) is 14.4. The van der Waals surface area contributed by atoms with E-state index in [1.807, 2.05) is 6.07 Å². The predicted molar refractivity (Wildman–Crippen MR) is 119 cm³/mol. The molecule has 1 fully saturated rings. The monoisotopic (exact) mass is 421 g/mol. The molecule has 1 saturated heterocycles. The summed E-state index contributed by atoms with van der Waals surface area (Å²) in [5.41, 5.74) is 4.90. The zero-order valence-electron chi connectivity index (χ0n) is 16.4. The van der Waals surface area contributed by atoms with Crippen LogP contribution in [0.25, 0.3) is 21.8 Å². The average molecular weight is 422 g/mol. The molecule has 2 N–H and O–H groups in total. The van der Waals surface area contributed by atoms with Crippen LogP contribution in [0.2, 0.25) is 5.15 Å². The lowest BCUT2D eigenvalue weighted by molar-refractivity contribution is 0.102. The van der Waals surface area contributed by atoms with Crippen molar-refractivity contribution in [1.82, 2.24) is 15.0 Å². The standard InChI is InChI=1S/C22H20ClN5O2/c1-13-11-16-14-4-6-24-12-17(14)26-18(16)19(20(13)28-7-9-30-10-8-28)27-22(29)15-3-2-5-25-21(15)23/h2-6,11-12,26H,7-10H2,1H3,(H,27,29). The lowest BCUT2D eigenvalue weighted by Crippen LogP contribution is -2.37. The number of H-pyrrole nitrogens is 1. The number of halogens is 1. The molecule has 0 unspecified atom stereocenters. The molecule has 5 rings (SSSR count). The number of nitrogens with zero attached hydrogens (tertiary/aromatic N) is 3. The summed E-state index contributed by atoms with van der Waals surface area (Å²) < 4.78 is 5.53. The van der Waals surface area contributed by atoms with E-state index < -0.39 is 0 Å². The van der Waals surface area contributed by atoms with Gasteiger partial charge in [0, 0.05) is 36.3 Å². The molecule has 0 atom stereocenters. The summed E-state index contributed by atoms with van der Waals surface area (Å²) in [7, 11) is 0. The largest absolute Gasteiger partial charge is 0.378 e. The van der Waals surface area contributed by atoms with Crippen LogP contribution in [0.1, 0.15) is 15.9 Å². The van der Waals surface area contributed by atoms with Gasteiger partial charge in [-0.05, 0) is 36.8 Å². The van der Waals surface area contributed by atoms with Gasteiger partial charge in [-0.1, -0.05) is 11.6 Å². The van der Waals surface area contributed by atoms with Crippen LogP contribution in [0.3, 0.4) is 0 Å². The number of carbonyl (C=O) groups is 1. The third kappa shape index (κ3) is 3.16. The van der Waals surface area contributed by atoms with E-state index in [0.717, 1.165) is 51.8 Å². The molecule has 3 aromatic heterocycles. The van der Waals surface area contributed by atoms with E-state index in [0.29, 0.717) is 18.8 Å². The van der Waals surface area contributed by atoms with Crippen molar-refractivity contribution in [3.05, 3.63) is 59.1 Å². The van der Waals surface area contributed by atoms with E-state index in [9.17, 15) is 4.79 Å². The Hall–Kier alpha value is -3.16. The highest BCUT2D eigenvalue weighted by atomic mass is 35.5. The number of carbonyl (C=O) groups excluding carboxylic acids is 1. The third-order valence-corrected chi connectivity index (χ3v) is 5.73. The molecule has 0 radical (unpaired) electrons. The van der Waals surface area contributed by atoms with Crippen LogP contribution in [0, 0.1) is 6.92 Å². The van der Waals surface area contributed by atoms with Crippen LogP contribution >= 0.6 is 11.6 Å². The fourth-order valence-corrected chi connectivity index (χ4v) is 4.27. The van der Waals surface area contributed by atoms with Crippen LogP contribution in [-0.4, -0.2) is 47.2 Å². The van der Waals surface area contributed by atoms with Gasteiger partial charge in [-0.2, -0.15) is 0 Å². The molecule has 4 aromatic rings. The van der Waals surface area contributed by atoms with E-state index in [-0.39, 0.29) is 11.1 Å². The van der Waals surface area contributed by atoms with Crippen molar-refractivity contribution in [2.45, 2.75) is 6.92 Å². The number of pyridine rings is 2. The Labute approximate surface area is 178 Å². The summed E-state index contributed by atoms with van der Waals surface area (Å²) in [6.45, 7) is 4.87. The minimum atomic E-state index is -0.300. The number of fused-ring (bicyclic) bond motifs is 3. The summed E-state index contributed by atoms with van der Waals surface area (Å²) >= 11 is 6.17. The fraction of sp³-hybridized carbons (Fsp3) is 0.227. The fourth-order valence-electron chi connectivity index (χ4n) is 4.07. The van der Waals surface area contributed by atoms with Gasteiger partial charge in [-0.15, -0.1) is 0 Å². The number of benzene rings is 1. The van der Waals surface area contributed by atoms with Crippen LogP contribution < -0.4 is 10.2 Å². The molecule has 1 aliphatic rings. The lowest BCUT2D eigenvalue weighted by Gasteiger charge is -2.32. The van der Waals surface area contributed by atoms with Gasteiger partial charge in [0.1, 0.15) is 5.15 Å². The summed E-state index contributed by atoms with van der Waals surface area (Å²) in [5.74, 6) is -0.300. The number of morpholine rings is 1. The van der Waals surface area contributed by atoms with Crippen molar-refractivity contribution in [2.24, 2.45) is 0 Å². The minimum Gasteiger partial charge on any atom is -0.378 e. The number of rotatable bonds is 3. The first kappa shape index (κ1) is 18.8. The second kappa shape index (κ2) is 7.59. The lowest BCUT2D eigenvalue weighted by atomic mass is 10.0. The molecular formula is C22H20ClN5O2. The Morgan fingerprint density at radius 2 is 2.07 bits per heavy atom. The van der Waals surface area contributed by atoms with Crippen LogP contribution in [0.4, 0.5) is 11.4 Å². The summed E-state index contributed by atoms with van der Waals surface area (Å²) in [5, 5.41) is 5.38. The second-order valence-corrected chi connectivity index (χ2v) is 7.64. The van der Waals surface area contributed by atoms with Crippen molar-refractivity contribution in [3.63, 3.8) is 0 Å². The number of ether oxygens (including phenoxy) is 1. The predicted octanol–water partition coefficient (Wildman–Crippen LogP) is 4.16. The van der Waals surface area contributed by atoms with Gasteiger partial charge in [0.15, 0.2) is 0 Å². The van der Waals surface area contributed by atoms with E-state index >= 15 is 0 Å². The van der Waals surface area contributed by atoms with Crippen LogP contribution in [0.15, 0.2) is 42.9 Å². The number of hydrogen-bond acceptors (Lipinski definition) is 5. The number of aromatic amines is 1. The molecule has 152 valence electrons. The van der Waals surface area contributed by atoms with E-state index in [1.165, 1.54) is 0 Å². The first-order chi connectivity index (χ1) is 14.6. The number of aromatic nitrogens is 3. The smallest absolute Gasteiger partial charge is 0.258 e. The van der Waals surface area contributed by atoms with Crippen molar-refractivity contribution >= 4 is 50.7 Å². The molecule has 30 heavy (non-hydrogen) atoms. The molecule has 0 spiro atoms. The Morgan fingerprint density at radius 1 is 1.23 bits per heavy atom. The molecule has 1 aromatic carbocycles. The van der Waals surface area contributed by atoms with Gasteiger partial charge in [0.05, 0.1) is 47.4 Å². The van der Waals surface area contributed by atoms with E-state index in [4.69, 9.17) is 16.3 Å². The quantitative estimate of drug-likeness (QED) is 0.485. The van der Waals surface area contributed by atoms with E-state index in [1.54, 1.807) is 30.7 Å². The zero-order chi connectivity index (χ0) is 20.7. The van der Waals surface area contributed by atoms with Crippen molar-refractivity contribution in [1.29, 1.82) is 0 Å². The van der Waals surface area contributed by atoms with Crippen LogP contribution in [0.5, 0.6) is 0 Å². The molecular weight excluding hydrogens is 402 g/mol. The maximum absolute atomic E-state index is 13.1. The zero-order valence-corrected chi connectivity index (χ0v) is 17.2. The van der Waals surface area contributed by atoms with Gasteiger partial charge < -0.3 is 19.9 Å². The van der Waals surface area contributed by atoms with Gasteiger partial charge in [-0.25, -0.2) is 4.98 Å². The summed E-state index contributed by atoms with van der Waals surface area (Å²) in [6, 6.07) is 7.50. The van der Waals surface area contributed by atoms with Gasteiger partial charge in [0.25, 0.3) is 5.91 Å². The topological polar surface area (TPSA) is 83.1 Å². The highest BCUT2D eigenvalue weighted by Crippen LogP contribution is 2.40. The molecule has 7 nitrogen and oxygen atoms in total. The number of anilines is 2. The molecule has 0 bridgehead atoms. The van der Waals surface area contributed by atoms with E-state index in [2.05, 4.69) is 38.2 Å². The Bertz CT molecular complexity index is 1260. The van der Waals surface area contributed by atoms with Crippen LogP contribution in [-0.2, 0) is 4.74 Å². The minimum absolute atomic E-state index is 0.174. The molecule has 4 heterocycles. The van der Waals surface area contributed by atoms with Crippen molar-refractivity contribution in [3.8, 4) is 0 Å². The molecule has 0 saturated carbocycles. The van der Waals surface area contributed by atoms with Gasteiger partial charge in [-0.3, -0.25) is 9.78 Å². The summed E-state index contributed by atoms with van der Waals surface area (Å²) in [4.78, 5) is 27.1. The van der Waals surface area contributed by atoms with Crippen molar-refractivity contribution < 1.29 is 9.53 Å². The number of hydrogen-bond donors (Lipinski definition) is 2. The molecule has 1 amide bonds. The molecule has 8 heteroatoms. The third-order valence-electron chi connectivity index (χ3n) is 5.43. The highest BCUT2D eigenvalue weighted by Gasteiger charge is 2.24. The average Bonchev–Trinajstić information content (AvgIpc) is 3.13. The summed E-state index contributed by atoms with van der Waals surface area (Å²) in [6.07, 6.45) is 5.13. The first-order valence-electron chi connectivity index (χ1n) is 9.77. The first-order valence-corrected chi connectivity index (χ1v) is 10.1. The Kier molecular flexibility index (Phi) is 4.77. The van der Waals surface area contributed by atoms with Crippen molar-refractivity contribution in [2.75, 3.05) is 36.5 Å². The Balaban J connectivity index is 1.71. The number of nitrogens with one attached hydrogen (secondary N) is 2. The highest BCUT2D eigenvalue weighted by molar-refractivity contribution is 6.33. The number of aryl methyl sites for hydroxylation is 1.